The zero-order chi connectivity index (χ0) is 25.2. The summed E-state index contributed by atoms with van der Waals surface area (Å²) in [6.45, 7) is 7.47. The predicted octanol–water partition coefficient (Wildman–Crippen LogP) is 3.89. The lowest BCUT2D eigenvalue weighted by Gasteiger charge is -2.23. The van der Waals surface area contributed by atoms with Crippen LogP contribution in [0.2, 0.25) is 0 Å². The summed E-state index contributed by atoms with van der Waals surface area (Å²) in [4.78, 5) is 30.5. The lowest BCUT2D eigenvalue weighted by Crippen LogP contribution is -2.32. The Bertz CT molecular complexity index is 1320. The van der Waals surface area contributed by atoms with Crippen LogP contribution in [-0.2, 0) is 32.2 Å². The van der Waals surface area contributed by atoms with E-state index < -0.39 is 15.3 Å². The van der Waals surface area contributed by atoms with Gasteiger partial charge in [0, 0.05) is 18.2 Å². The first kappa shape index (κ1) is 24.9. The Morgan fingerprint density at radius 1 is 1.09 bits per heavy atom. The summed E-state index contributed by atoms with van der Waals surface area (Å²) in [5.74, 6) is 0.493. The molecule has 1 aliphatic rings. The lowest BCUT2D eigenvalue weighted by atomic mass is 9.81. The molecular formula is C26H30N4O4S. The molecule has 8 nitrogen and oxygen atoms in total. The summed E-state index contributed by atoms with van der Waals surface area (Å²) in [5, 5.41) is -0.274. The van der Waals surface area contributed by atoms with Gasteiger partial charge in [0.2, 0.25) is 5.88 Å². The zero-order valence-corrected chi connectivity index (χ0v) is 21.2. The largest absolute Gasteiger partial charge is 0.474 e. The number of hydrogen-bond acceptors (Lipinski definition) is 8. The Balaban J connectivity index is 1.46. The van der Waals surface area contributed by atoms with E-state index in [1.807, 2.05) is 38.1 Å². The molecule has 2 aromatic heterocycles. The fourth-order valence-corrected chi connectivity index (χ4v) is 5.26. The van der Waals surface area contributed by atoms with Crippen LogP contribution in [0.3, 0.4) is 0 Å². The van der Waals surface area contributed by atoms with Crippen LogP contribution in [0, 0.1) is 0 Å². The Hall–Kier alpha value is -3.20. The highest BCUT2D eigenvalue weighted by molar-refractivity contribution is 7.91. The fraction of sp³-hybridized carbons (Fsp3) is 0.423. The molecule has 0 N–H and O–H groups in total. The van der Waals surface area contributed by atoms with Crippen LogP contribution in [-0.4, -0.2) is 45.5 Å². The Kier molecular flexibility index (Phi) is 6.98. The van der Waals surface area contributed by atoms with Crippen molar-refractivity contribution in [2.45, 2.75) is 69.5 Å². The number of hydrogen-bond donors (Lipinski definition) is 0. The van der Waals surface area contributed by atoms with Gasteiger partial charge in [0.25, 0.3) is 0 Å². The molecule has 1 fully saturated rings. The smallest absolute Gasteiger partial charge is 0.233 e. The fourth-order valence-electron chi connectivity index (χ4n) is 3.67. The van der Waals surface area contributed by atoms with E-state index in [0.717, 1.165) is 11.1 Å². The number of sulfone groups is 1. The van der Waals surface area contributed by atoms with Crippen LogP contribution in [0.1, 0.15) is 57.6 Å². The third-order valence-corrected chi connectivity index (χ3v) is 8.14. The van der Waals surface area contributed by atoms with Gasteiger partial charge in [-0.25, -0.2) is 23.4 Å². The number of carbonyl (C=O) groups excluding carboxylic acids is 1. The maximum absolute atomic E-state index is 13.2. The van der Waals surface area contributed by atoms with Crippen molar-refractivity contribution < 1.29 is 17.9 Å². The summed E-state index contributed by atoms with van der Waals surface area (Å²) in [5.41, 5.74) is 2.05. The molecular weight excluding hydrogens is 464 g/mol. The summed E-state index contributed by atoms with van der Waals surface area (Å²) >= 11 is 0. The highest BCUT2D eigenvalue weighted by Gasteiger charge is 2.37. The monoisotopic (exact) mass is 494 g/mol. The van der Waals surface area contributed by atoms with Gasteiger partial charge in [-0.3, -0.25) is 9.78 Å². The summed E-state index contributed by atoms with van der Waals surface area (Å²) in [6, 6.07) is 9.29. The first-order chi connectivity index (χ1) is 16.5. The molecule has 1 saturated carbocycles. The molecule has 3 aromatic rings. The Morgan fingerprint density at radius 3 is 2.46 bits per heavy atom. The molecule has 0 radical (unpaired) electrons. The van der Waals surface area contributed by atoms with Crippen molar-refractivity contribution in [3.63, 3.8) is 0 Å². The van der Waals surface area contributed by atoms with E-state index in [4.69, 9.17) is 4.74 Å². The number of Topliss-reactive ketones (excluding diaryl/α,β-unsaturated/α-hetero) is 1. The number of benzene rings is 1. The van der Waals surface area contributed by atoms with E-state index in [2.05, 4.69) is 19.9 Å². The number of ketones is 1. The van der Waals surface area contributed by atoms with Gasteiger partial charge in [0.1, 0.15) is 17.4 Å². The standard InChI is InChI=1S/C26H30N4O4S/c1-17(2)34-25-15-27-14-21(29-25)19-7-5-18(6-8-19)13-23(31)26(3,4)22-11-12-28-24(30-22)16-35(32,33)20-9-10-20/h5-8,11-12,14-15,17,20H,9-10,13,16H2,1-4H3. The molecule has 1 aliphatic carbocycles. The molecule has 0 unspecified atom stereocenters. The lowest BCUT2D eigenvalue weighted by molar-refractivity contribution is -0.122. The predicted molar refractivity (Wildman–Crippen MR) is 133 cm³/mol. The second kappa shape index (κ2) is 9.81. The van der Waals surface area contributed by atoms with Gasteiger partial charge in [0.05, 0.1) is 40.6 Å². The van der Waals surface area contributed by atoms with Crippen molar-refractivity contribution in [2.24, 2.45) is 0 Å². The number of rotatable bonds is 10. The van der Waals surface area contributed by atoms with E-state index >= 15 is 0 Å². The van der Waals surface area contributed by atoms with Crippen LogP contribution in [0.25, 0.3) is 11.3 Å². The molecule has 0 spiro atoms. The first-order valence-electron chi connectivity index (χ1n) is 11.7. The average Bonchev–Trinajstić information content (AvgIpc) is 3.66. The van der Waals surface area contributed by atoms with Crippen LogP contribution in [0.4, 0.5) is 0 Å². The van der Waals surface area contributed by atoms with Crippen molar-refractivity contribution in [3.8, 4) is 17.1 Å². The van der Waals surface area contributed by atoms with Gasteiger partial charge in [-0.2, -0.15) is 0 Å². The molecule has 184 valence electrons. The normalized spacial score (nSPS) is 14.2. The first-order valence-corrected chi connectivity index (χ1v) is 13.4. The topological polar surface area (TPSA) is 112 Å². The van der Waals surface area contributed by atoms with Crippen molar-refractivity contribution >= 4 is 15.6 Å². The molecule has 2 heterocycles. The van der Waals surface area contributed by atoms with Crippen LogP contribution in [0.5, 0.6) is 5.88 Å². The van der Waals surface area contributed by atoms with E-state index in [0.29, 0.717) is 30.1 Å². The highest BCUT2D eigenvalue weighted by atomic mass is 32.2. The van der Waals surface area contributed by atoms with Crippen LogP contribution < -0.4 is 4.74 Å². The Labute approximate surface area is 206 Å². The molecule has 1 aromatic carbocycles. The summed E-state index contributed by atoms with van der Waals surface area (Å²) < 4.78 is 30.3. The second-order valence-corrected chi connectivity index (χ2v) is 12.0. The molecule has 0 bridgehead atoms. The third-order valence-electron chi connectivity index (χ3n) is 5.99. The second-order valence-electron chi connectivity index (χ2n) is 9.70. The SMILES string of the molecule is CC(C)Oc1cncc(-c2ccc(CC(=O)C(C)(C)c3ccnc(CS(=O)(=O)C4CC4)n3)cc2)n1. The van der Waals surface area contributed by atoms with E-state index in [1.54, 1.807) is 32.3 Å². The van der Waals surface area contributed by atoms with Gasteiger partial charge in [-0.1, -0.05) is 24.3 Å². The number of carbonyl (C=O) groups is 1. The van der Waals surface area contributed by atoms with Gasteiger partial charge in [-0.05, 0) is 52.2 Å². The maximum Gasteiger partial charge on any atom is 0.233 e. The van der Waals surface area contributed by atoms with E-state index in [1.165, 1.54) is 6.20 Å². The minimum Gasteiger partial charge on any atom is -0.474 e. The highest BCUT2D eigenvalue weighted by Crippen LogP contribution is 2.31. The number of aromatic nitrogens is 4. The summed E-state index contributed by atoms with van der Waals surface area (Å²) in [6.07, 6.45) is 6.41. The van der Waals surface area contributed by atoms with Crippen LogP contribution >= 0.6 is 0 Å². The molecule has 0 atom stereocenters. The molecule has 0 amide bonds. The molecule has 35 heavy (non-hydrogen) atoms. The maximum atomic E-state index is 13.2. The molecule has 0 aliphatic heterocycles. The molecule has 0 saturated heterocycles. The minimum absolute atomic E-state index is 0.00450. The van der Waals surface area contributed by atoms with E-state index in [9.17, 15) is 13.2 Å². The van der Waals surface area contributed by atoms with Crippen molar-refractivity contribution in [3.05, 3.63) is 66.0 Å². The van der Waals surface area contributed by atoms with Crippen molar-refractivity contribution in [1.82, 2.24) is 19.9 Å². The van der Waals surface area contributed by atoms with E-state index in [-0.39, 0.29) is 35.1 Å². The summed E-state index contributed by atoms with van der Waals surface area (Å²) in [7, 11) is -3.23. The quantitative estimate of drug-likeness (QED) is 0.417. The Morgan fingerprint density at radius 2 is 1.80 bits per heavy atom. The minimum atomic E-state index is -3.23. The average molecular weight is 495 g/mol. The third kappa shape index (κ3) is 6.08. The molecule has 9 heteroatoms. The van der Waals surface area contributed by atoms with Crippen molar-refractivity contribution in [1.29, 1.82) is 0 Å². The van der Waals surface area contributed by atoms with Gasteiger partial charge in [0.15, 0.2) is 9.84 Å². The van der Waals surface area contributed by atoms with Gasteiger partial charge >= 0.3 is 0 Å². The molecule has 4 rings (SSSR count). The number of ether oxygens (including phenoxy) is 1. The van der Waals surface area contributed by atoms with Crippen molar-refractivity contribution in [2.75, 3.05) is 0 Å². The van der Waals surface area contributed by atoms with Gasteiger partial charge < -0.3 is 4.74 Å². The zero-order valence-electron chi connectivity index (χ0n) is 20.4. The van der Waals surface area contributed by atoms with Gasteiger partial charge in [-0.15, -0.1) is 0 Å². The number of nitrogens with zero attached hydrogens (tertiary/aromatic N) is 4. The van der Waals surface area contributed by atoms with Crippen LogP contribution in [0.15, 0.2) is 48.9 Å².